The second kappa shape index (κ2) is 16.5. The van der Waals surface area contributed by atoms with E-state index in [2.05, 4.69) is 236 Å². The Morgan fingerprint density at radius 2 is 1.11 bits per heavy atom. The Morgan fingerprint density at radius 3 is 1.92 bits per heavy atom. The first-order valence-corrected chi connectivity index (χ1v) is 23.2. The zero-order valence-corrected chi connectivity index (χ0v) is 37.1. The first-order chi connectivity index (χ1) is 31.4. The van der Waals surface area contributed by atoms with Crippen molar-refractivity contribution in [3.63, 3.8) is 0 Å². The number of para-hydroxylation sites is 3. The minimum atomic E-state index is -0.0614. The van der Waals surface area contributed by atoms with Gasteiger partial charge in [0.25, 0.3) is 0 Å². The molecule has 1 saturated carbocycles. The molecule has 1 aliphatic carbocycles. The number of aromatic nitrogens is 1. The van der Waals surface area contributed by atoms with Crippen molar-refractivity contribution < 1.29 is 0 Å². The van der Waals surface area contributed by atoms with Crippen LogP contribution < -0.4 is 4.90 Å². The quantitative estimate of drug-likeness (QED) is 0.148. The van der Waals surface area contributed by atoms with Crippen LogP contribution in [-0.2, 0) is 5.41 Å². The van der Waals surface area contributed by atoms with Crippen LogP contribution in [0.3, 0.4) is 0 Å². The average Bonchev–Trinajstić information content (AvgIpc) is 3.68. The number of rotatable bonds is 8. The minimum absolute atomic E-state index is 0.0614. The molecule has 9 aromatic carbocycles. The second-order valence-corrected chi connectivity index (χ2v) is 18.8. The fourth-order valence-corrected chi connectivity index (χ4v) is 10.5. The van der Waals surface area contributed by atoms with Crippen molar-refractivity contribution in [2.45, 2.75) is 64.2 Å². The highest BCUT2D eigenvalue weighted by molar-refractivity contribution is 6.10. The van der Waals surface area contributed by atoms with Gasteiger partial charge in [-0.1, -0.05) is 198 Å². The maximum atomic E-state index is 2.55. The van der Waals surface area contributed by atoms with Crippen LogP contribution in [0.1, 0.15) is 69.9 Å². The van der Waals surface area contributed by atoms with E-state index < -0.39 is 0 Å². The van der Waals surface area contributed by atoms with Gasteiger partial charge in [-0.05, 0) is 117 Å². The van der Waals surface area contributed by atoms with Crippen molar-refractivity contribution in [2.24, 2.45) is 0 Å². The van der Waals surface area contributed by atoms with E-state index in [1.807, 2.05) is 0 Å². The van der Waals surface area contributed by atoms with Gasteiger partial charge in [-0.25, -0.2) is 0 Å². The van der Waals surface area contributed by atoms with E-state index in [1.54, 1.807) is 0 Å². The molecule has 0 saturated heterocycles. The number of hydrogen-bond acceptors (Lipinski definition) is 1. The summed E-state index contributed by atoms with van der Waals surface area (Å²) in [6, 6.07) is 76.9. The van der Waals surface area contributed by atoms with Gasteiger partial charge in [-0.2, -0.15) is 0 Å². The van der Waals surface area contributed by atoms with Crippen LogP contribution in [-0.4, -0.2) is 4.57 Å². The van der Waals surface area contributed by atoms with E-state index in [0.717, 1.165) is 22.7 Å². The summed E-state index contributed by atoms with van der Waals surface area (Å²) < 4.78 is 2.41. The molecular weight excluding hydrogens is 773 g/mol. The molecule has 0 radical (unpaired) electrons. The van der Waals surface area contributed by atoms with Gasteiger partial charge in [0.15, 0.2) is 0 Å². The first-order valence-electron chi connectivity index (χ1n) is 23.2. The molecule has 1 fully saturated rings. The van der Waals surface area contributed by atoms with Gasteiger partial charge in [0.05, 0.1) is 22.4 Å². The van der Waals surface area contributed by atoms with Crippen LogP contribution in [0.2, 0.25) is 0 Å². The van der Waals surface area contributed by atoms with Crippen LogP contribution in [0, 0.1) is 0 Å². The third-order valence-corrected chi connectivity index (χ3v) is 13.7. The number of fused-ring (bicyclic) bond motifs is 4. The number of anilines is 3. The molecule has 0 amide bonds. The SMILES string of the molecule is CC(C)(C)c1ccc(-c2ccccc2)c(N(c2cccc(-c3ccc4c5ccccc5n(-c5ccccc5)c4c3)c2)c2ccccc2-c2cccc3cccc(C4CCCCC4)c23)c1. The molecule has 0 unspecified atom stereocenters. The van der Waals surface area contributed by atoms with Crippen LogP contribution in [0.15, 0.2) is 206 Å². The Kier molecular flexibility index (Phi) is 10.2. The van der Waals surface area contributed by atoms with Gasteiger partial charge in [-0.15, -0.1) is 0 Å². The Labute approximate surface area is 378 Å². The van der Waals surface area contributed by atoms with E-state index in [-0.39, 0.29) is 5.41 Å². The highest BCUT2D eigenvalue weighted by Gasteiger charge is 2.26. The van der Waals surface area contributed by atoms with Crippen LogP contribution in [0.5, 0.6) is 0 Å². The number of benzene rings is 9. The topological polar surface area (TPSA) is 8.17 Å². The molecule has 11 rings (SSSR count). The second-order valence-electron chi connectivity index (χ2n) is 18.8. The highest BCUT2D eigenvalue weighted by atomic mass is 15.1. The molecule has 1 heterocycles. The largest absolute Gasteiger partial charge is 0.309 e. The third-order valence-electron chi connectivity index (χ3n) is 13.7. The predicted octanol–water partition coefficient (Wildman–Crippen LogP) is 17.8. The van der Waals surface area contributed by atoms with Crippen molar-refractivity contribution in [1.29, 1.82) is 0 Å². The molecule has 0 spiro atoms. The monoisotopic (exact) mass is 826 g/mol. The third kappa shape index (κ3) is 7.18. The Bertz CT molecular complexity index is 3280. The summed E-state index contributed by atoms with van der Waals surface area (Å²) in [4.78, 5) is 2.55. The lowest BCUT2D eigenvalue weighted by molar-refractivity contribution is 0.445. The van der Waals surface area contributed by atoms with Gasteiger partial charge < -0.3 is 9.47 Å². The maximum Gasteiger partial charge on any atom is 0.0547 e. The summed E-state index contributed by atoms with van der Waals surface area (Å²) in [6.45, 7) is 6.96. The average molecular weight is 827 g/mol. The standard InChI is InChI=1S/C62H54N2/c1-62(2,3)48-37-39-51(43-20-7-4-8-21-43)60(42-48)64(58-35-16-14-31-54(58)56-33-19-25-45-24-18-32-52(61(45)56)44-22-9-5-10-23-44)50-29-17-26-46(40-50)47-36-38-55-53-30-13-15-34-57(53)63(59(55)41-47)49-27-11-6-12-28-49/h4,6-8,11-21,24-42,44H,5,9-10,22-23H2,1-3H3. The molecule has 2 heteroatoms. The van der Waals surface area contributed by atoms with Crippen molar-refractivity contribution >= 4 is 49.6 Å². The molecule has 1 aromatic heterocycles. The van der Waals surface area contributed by atoms with Gasteiger partial charge in [0.2, 0.25) is 0 Å². The Morgan fingerprint density at radius 1 is 0.453 bits per heavy atom. The molecule has 312 valence electrons. The summed E-state index contributed by atoms with van der Waals surface area (Å²) in [5.74, 6) is 0.574. The molecule has 0 N–H and O–H groups in total. The van der Waals surface area contributed by atoms with E-state index >= 15 is 0 Å². The van der Waals surface area contributed by atoms with Crippen LogP contribution >= 0.6 is 0 Å². The zero-order chi connectivity index (χ0) is 43.2. The lowest BCUT2D eigenvalue weighted by Gasteiger charge is -2.32. The van der Waals surface area contributed by atoms with Crippen LogP contribution in [0.4, 0.5) is 17.1 Å². The Balaban J connectivity index is 1.16. The molecule has 10 aromatic rings. The van der Waals surface area contributed by atoms with Crippen molar-refractivity contribution in [2.75, 3.05) is 4.90 Å². The molecule has 1 aliphatic rings. The zero-order valence-electron chi connectivity index (χ0n) is 37.1. The predicted molar refractivity (Wildman–Crippen MR) is 274 cm³/mol. The van der Waals surface area contributed by atoms with Crippen molar-refractivity contribution in [1.82, 2.24) is 4.57 Å². The van der Waals surface area contributed by atoms with E-state index in [1.165, 1.54) is 109 Å². The van der Waals surface area contributed by atoms with E-state index in [9.17, 15) is 0 Å². The van der Waals surface area contributed by atoms with Gasteiger partial charge >= 0.3 is 0 Å². The van der Waals surface area contributed by atoms with Crippen molar-refractivity contribution in [3.8, 4) is 39.1 Å². The molecule has 0 atom stereocenters. The Hall–Kier alpha value is -7.16. The normalized spacial score (nSPS) is 13.5. The van der Waals surface area contributed by atoms with Crippen molar-refractivity contribution in [3.05, 3.63) is 217 Å². The smallest absolute Gasteiger partial charge is 0.0547 e. The molecular formula is C62H54N2. The first kappa shape index (κ1) is 39.7. The fourth-order valence-electron chi connectivity index (χ4n) is 10.5. The van der Waals surface area contributed by atoms with E-state index in [4.69, 9.17) is 0 Å². The fraction of sp³-hybridized carbons (Fsp3) is 0.161. The summed E-state index contributed by atoms with van der Waals surface area (Å²) in [6.07, 6.45) is 6.46. The van der Waals surface area contributed by atoms with Gasteiger partial charge in [0.1, 0.15) is 0 Å². The maximum absolute atomic E-state index is 2.55. The summed E-state index contributed by atoms with van der Waals surface area (Å²) in [5.41, 5.74) is 17.0. The molecule has 0 aliphatic heterocycles. The van der Waals surface area contributed by atoms with Crippen LogP contribution in [0.25, 0.3) is 71.6 Å². The minimum Gasteiger partial charge on any atom is -0.309 e. The summed E-state index contributed by atoms with van der Waals surface area (Å²) in [5, 5.41) is 5.22. The molecule has 2 nitrogen and oxygen atoms in total. The summed E-state index contributed by atoms with van der Waals surface area (Å²) in [7, 11) is 0. The van der Waals surface area contributed by atoms with E-state index in [0.29, 0.717) is 5.92 Å². The van der Waals surface area contributed by atoms with Gasteiger partial charge in [0, 0.05) is 33.3 Å². The molecule has 64 heavy (non-hydrogen) atoms. The van der Waals surface area contributed by atoms with Gasteiger partial charge in [-0.3, -0.25) is 0 Å². The lowest BCUT2D eigenvalue weighted by Crippen LogP contribution is -2.16. The lowest BCUT2D eigenvalue weighted by atomic mass is 9.80. The number of hydrogen-bond donors (Lipinski definition) is 0. The highest BCUT2D eigenvalue weighted by Crippen LogP contribution is 2.49. The number of nitrogens with zero attached hydrogens (tertiary/aromatic N) is 2. The summed E-state index contributed by atoms with van der Waals surface area (Å²) >= 11 is 0. The molecule has 0 bridgehead atoms.